The molecule has 154 valence electrons. The normalized spacial score (nSPS) is 16.4. The van der Waals surface area contributed by atoms with Crippen LogP contribution in [0.5, 0.6) is 5.75 Å². The molecule has 0 bridgehead atoms. The van der Waals surface area contributed by atoms with Gasteiger partial charge in [-0.1, -0.05) is 41.4 Å². The van der Waals surface area contributed by atoms with Crippen molar-refractivity contribution in [1.82, 2.24) is 4.90 Å². The smallest absolute Gasteiger partial charge is 0.121 e. The topological polar surface area (TPSA) is 27.7 Å². The van der Waals surface area contributed by atoms with E-state index in [1.807, 2.05) is 18.2 Å². The second kappa shape index (κ2) is 9.75. The summed E-state index contributed by atoms with van der Waals surface area (Å²) in [4.78, 5) is 4.84. The van der Waals surface area contributed by atoms with Crippen molar-refractivity contribution in [1.29, 1.82) is 0 Å². The lowest BCUT2D eigenvalue weighted by Gasteiger charge is -2.36. The third kappa shape index (κ3) is 5.19. The Bertz CT molecular complexity index is 863. The van der Waals surface area contributed by atoms with Crippen molar-refractivity contribution < 1.29 is 4.74 Å². The average Bonchev–Trinajstić information content (AvgIpc) is 2.76. The number of hydrogen-bond donors (Lipinski definition) is 1. The fraction of sp³-hybridized carbons (Fsp3) is 0.391. The SMILES string of the molecule is Clc1cccc(N2CCN(CCCCOc3ccc4c(c3)NCC=C4)CC2)c1Cl. The van der Waals surface area contributed by atoms with Crippen LogP contribution in [0.15, 0.2) is 42.5 Å². The van der Waals surface area contributed by atoms with E-state index in [1.54, 1.807) is 0 Å². The predicted octanol–water partition coefficient (Wildman–Crippen LogP) is 5.41. The summed E-state index contributed by atoms with van der Waals surface area (Å²) >= 11 is 12.5. The molecule has 2 aliphatic rings. The van der Waals surface area contributed by atoms with Gasteiger partial charge in [-0.2, -0.15) is 0 Å². The maximum atomic E-state index is 6.36. The van der Waals surface area contributed by atoms with E-state index >= 15 is 0 Å². The van der Waals surface area contributed by atoms with Crippen LogP contribution in [0.4, 0.5) is 11.4 Å². The van der Waals surface area contributed by atoms with Gasteiger partial charge in [0.2, 0.25) is 0 Å². The van der Waals surface area contributed by atoms with Gasteiger partial charge in [0.1, 0.15) is 5.75 Å². The summed E-state index contributed by atoms with van der Waals surface area (Å²) in [6, 6.07) is 12.1. The number of rotatable bonds is 7. The van der Waals surface area contributed by atoms with Crippen molar-refractivity contribution in [3.8, 4) is 5.75 Å². The number of unbranched alkanes of at least 4 members (excludes halogenated alkanes) is 1. The number of nitrogens with zero attached hydrogens (tertiary/aromatic N) is 2. The number of hydrogen-bond acceptors (Lipinski definition) is 4. The molecule has 1 saturated heterocycles. The number of anilines is 2. The second-order valence-corrected chi connectivity index (χ2v) is 8.27. The third-order valence-electron chi connectivity index (χ3n) is 5.51. The molecular formula is C23H27Cl2N3O. The predicted molar refractivity (Wildman–Crippen MR) is 124 cm³/mol. The fourth-order valence-corrected chi connectivity index (χ4v) is 4.27. The van der Waals surface area contributed by atoms with Gasteiger partial charge in [0.15, 0.2) is 0 Å². The first-order valence-corrected chi connectivity index (χ1v) is 11.0. The summed E-state index contributed by atoms with van der Waals surface area (Å²) in [6.45, 7) is 6.80. The Balaban J connectivity index is 1.15. The Kier molecular flexibility index (Phi) is 6.86. The van der Waals surface area contributed by atoms with Crippen molar-refractivity contribution in [2.45, 2.75) is 12.8 Å². The zero-order chi connectivity index (χ0) is 20.1. The van der Waals surface area contributed by atoms with Crippen LogP contribution in [-0.2, 0) is 0 Å². The van der Waals surface area contributed by atoms with Gasteiger partial charge in [0.05, 0.1) is 22.3 Å². The zero-order valence-corrected chi connectivity index (χ0v) is 18.1. The first-order valence-electron chi connectivity index (χ1n) is 10.3. The fourth-order valence-electron chi connectivity index (χ4n) is 3.85. The van der Waals surface area contributed by atoms with Crippen LogP contribution in [0, 0.1) is 0 Å². The molecule has 0 spiro atoms. The van der Waals surface area contributed by atoms with Crippen molar-refractivity contribution >= 4 is 40.7 Å². The molecular weight excluding hydrogens is 405 g/mol. The summed E-state index contributed by atoms with van der Waals surface area (Å²) in [7, 11) is 0. The minimum absolute atomic E-state index is 0.623. The highest BCUT2D eigenvalue weighted by molar-refractivity contribution is 6.43. The van der Waals surface area contributed by atoms with Crippen LogP contribution in [0.25, 0.3) is 6.08 Å². The molecule has 1 fully saturated rings. The lowest BCUT2D eigenvalue weighted by atomic mass is 10.1. The summed E-state index contributed by atoms with van der Waals surface area (Å²) in [5, 5.41) is 4.66. The molecule has 0 amide bonds. The highest BCUT2D eigenvalue weighted by Gasteiger charge is 2.19. The van der Waals surface area contributed by atoms with Gasteiger partial charge >= 0.3 is 0 Å². The largest absolute Gasteiger partial charge is 0.494 e. The van der Waals surface area contributed by atoms with Gasteiger partial charge in [-0.15, -0.1) is 0 Å². The lowest BCUT2D eigenvalue weighted by Crippen LogP contribution is -2.46. The molecule has 4 rings (SSSR count). The standard InChI is InChI=1S/C23H27Cl2N3O/c24-20-6-3-7-22(23(20)25)28-14-12-27(13-15-28)11-1-2-16-29-19-9-8-18-5-4-10-26-21(18)17-19/h3-9,17,26H,1-2,10-16H2. The molecule has 0 aliphatic carbocycles. The monoisotopic (exact) mass is 431 g/mol. The highest BCUT2D eigenvalue weighted by atomic mass is 35.5. The van der Waals surface area contributed by atoms with E-state index in [1.165, 1.54) is 5.56 Å². The van der Waals surface area contributed by atoms with E-state index < -0.39 is 0 Å². The molecule has 2 aromatic carbocycles. The summed E-state index contributed by atoms with van der Waals surface area (Å²) < 4.78 is 5.94. The number of halogens is 2. The maximum Gasteiger partial charge on any atom is 0.121 e. The quantitative estimate of drug-likeness (QED) is 0.592. The number of nitrogens with one attached hydrogen (secondary N) is 1. The molecule has 6 heteroatoms. The van der Waals surface area contributed by atoms with E-state index in [-0.39, 0.29) is 0 Å². The first kappa shape index (κ1) is 20.4. The van der Waals surface area contributed by atoms with Crippen LogP contribution in [0.3, 0.4) is 0 Å². The van der Waals surface area contributed by atoms with Crippen molar-refractivity contribution in [3.63, 3.8) is 0 Å². The molecule has 0 aromatic heterocycles. The number of benzene rings is 2. The molecule has 0 radical (unpaired) electrons. The van der Waals surface area contributed by atoms with E-state index in [2.05, 4.69) is 45.5 Å². The van der Waals surface area contributed by atoms with Crippen LogP contribution in [-0.4, -0.2) is 50.8 Å². The van der Waals surface area contributed by atoms with E-state index in [0.717, 1.165) is 75.8 Å². The molecule has 0 unspecified atom stereocenters. The first-order chi connectivity index (χ1) is 14.2. The summed E-state index contributed by atoms with van der Waals surface area (Å²) in [5.74, 6) is 0.943. The molecule has 0 saturated carbocycles. The number of piperazine rings is 1. The molecule has 0 atom stereocenters. The maximum absolute atomic E-state index is 6.36. The number of ether oxygens (including phenoxy) is 1. The van der Waals surface area contributed by atoms with E-state index in [9.17, 15) is 0 Å². The Morgan fingerprint density at radius 1 is 1.00 bits per heavy atom. The van der Waals surface area contributed by atoms with Crippen molar-refractivity contribution in [2.24, 2.45) is 0 Å². The Hall–Kier alpha value is -1.88. The van der Waals surface area contributed by atoms with Gasteiger partial charge in [0.25, 0.3) is 0 Å². The minimum Gasteiger partial charge on any atom is -0.494 e. The Labute approximate surface area is 183 Å². The van der Waals surface area contributed by atoms with Gasteiger partial charge in [-0.05, 0) is 49.2 Å². The Morgan fingerprint density at radius 3 is 2.72 bits per heavy atom. The van der Waals surface area contributed by atoms with Crippen LogP contribution < -0.4 is 15.0 Å². The van der Waals surface area contributed by atoms with Gasteiger partial charge in [0, 0.05) is 44.5 Å². The van der Waals surface area contributed by atoms with E-state index in [0.29, 0.717) is 10.0 Å². The molecule has 2 heterocycles. The molecule has 29 heavy (non-hydrogen) atoms. The highest BCUT2D eigenvalue weighted by Crippen LogP contribution is 2.33. The molecule has 4 nitrogen and oxygen atoms in total. The van der Waals surface area contributed by atoms with Gasteiger partial charge < -0.3 is 15.0 Å². The second-order valence-electron chi connectivity index (χ2n) is 7.49. The van der Waals surface area contributed by atoms with Crippen molar-refractivity contribution in [2.75, 3.05) is 56.1 Å². The summed E-state index contributed by atoms with van der Waals surface area (Å²) in [6.07, 6.45) is 6.48. The van der Waals surface area contributed by atoms with Gasteiger partial charge in [-0.3, -0.25) is 4.90 Å². The Morgan fingerprint density at radius 2 is 1.86 bits per heavy atom. The summed E-state index contributed by atoms with van der Waals surface area (Å²) in [5.41, 5.74) is 3.42. The molecule has 2 aromatic rings. The number of fused-ring (bicyclic) bond motifs is 1. The average molecular weight is 432 g/mol. The van der Waals surface area contributed by atoms with Gasteiger partial charge in [-0.25, -0.2) is 0 Å². The molecule has 1 N–H and O–H groups in total. The lowest BCUT2D eigenvalue weighted by molar-refractivity contribution is 0.238. The van der Waals surface area contributed by atoms with Crippen molar-refractivity contribution in [3.05, 3.63) is 58.1 Å². The zero-order valence-electron chi connectivity index (χ0n) is 16.5. The third-order valence-corrected chi connectivity index (χ3v) is 6.32. The minimum atomic E-state index is 0.623. The van der Waals surface area contributed by atoms with Crippen LogP contribution in [0.2, 0.25) is 10.0 Å². The van der Waals surface area contributed by atoms with Crippen LogP contribution in [0.1, 0.15) is 18.4 Å². The van der Waals surface area contributed by atoms with E-state index in [4.69, 9.17) is 27.9 Å². The van der Waals surface area contributed by atoms with Crippen LogP contribution >= 0.6 is 23.2 Å². The molecule has 2 aliphatic heterocycles.